The lowest BCUT2D eigenvalue weighted by molar-refractivity contribution is -0.121. The largest absolute Gasteiger partial charge is 0.355 e. The summed E-state index contributed by atoms with van der Waals surface area (Å²) >= 11 is 1.56. The van der Waals surface area contributed by atoms with E-state index in [0.29, 0.717) is 13.0 Å². The van der Waals surface area contributed by atoms with E-state index >= 15 is 0 Å². The van der Waals surface area contributed by atoms with E-state index in [1.807, 2.05) is 35.7 Å². The Bertz CT molecular complexity index is 757. The molecule has 1 aromatic heterocycles. The number of rotatable bonds is 7. The fourth-order valence-corrected chi connectivity index (χ4v) is 3.05. The van der Waals surface area contributed by atoms with Crippen LogP contribution in [0.4, 0.5) is 0 Å². The molecule has 0 aliphatic rings. The van der Waals surface area contributed by atoms with Crippen LogP contribution in [-0.2, 0) is 21.2 Å². The number of aromatic nitrogens is 1. The summed E-state index contributed by atoms with van der Waals surface area (Å²) in [5.41, 5.74) is 1.98. The van der Waals surface area contributed by atoms with Crippen LogP contribution in [-0.4, -0.2) is 50.0 Å². The second-order valence-corrected chi connectivity index (χ2v) is 8.08. The fraction of sp³-hybridized carbons (Fsp3) is 0.333. The lowest BCUT2D eigenvalue weighted by Gasteiger charge is -2.13. The van der Waals surface area contributed by atoms with Crippen LogP contribution in [0.2, 0.25) is 0 Å². The molecule has 8 heteroatoms. The van der Waals surface area contributed by atoms with Gasteiger partial charge in [0.2, 0.25) is 15.9 Å². The topological polar surface area (TPSA) is 79.4 Å². The third-order valence-corrected chi connectivity index (χ3v) is 5.41. The first-order chi connectivity index (χ1) is 10.9. The van der Waals surface area contributed by atoms with Crippen LogP contribution < -0.4 is 5.32 Å². The highest BCUT2D eigenvalue weighted by Crippen LogP contribution is 2.23. The molecule has 0 radical (unpaired) electrons. The van der Waals surface area contributed by atoms with Crippen LogP contribution in [0, 0.1) is 0 Å². The maximum atomic E-state index is 11.7. The first-order valence-corrected chi connectivity index (χ1v) is 9.77. The van der Waals surface area contributed by atoms with Gasteiger partial charge < -0.3 is 5.32 Å². The minimum atomic E-state index is -3.34. The predicted octanol–water partition coefficient (Wildman–Crippen LogP) is 1.36. The number of benzene rings is 1. The van der Waals surface area contributed by atoms with Crippen molar-refractivity contribution in [3.8, 4) is 10.6 Å². The number of hydrogen-bond donors (Lipinski definition) is 1. The third-order valence-electron chi connectivity index (χ3n) is 3.21. The monoisotopic (exact) mass is 353 g/mol. The molecule has 6 nitrogen and oxygen atoms in total. The van der Waals surface area contributed by atoms with Crippen LogP contribution in [0.3, 0.4) is 0 Å². The zero-order valence-corrected chi connectivity index (χ0v) is 14.7. The maximum absolute atomic E-state index is 11.7. The molecule has 0 atom stereocenters. The summed E-state index contributed by atoms with van der Waals surface area (Å²) in [5.74, 6) is -0.323. The van der Waals surface area contributed by atoms with Gasteiger partial charge in [0.25, 0.3) is 0 Å². The van der Waals surface area contributed by atoms with Crippen LogP contribution in [0.1, 0.15) is 5.69 Å². The molecule has 1 N–H and O–H groups in total. The fourth-order valence-electron chi connectivity index (χ4n) is 1.84. The minimum absolute atomic E-state index is 0.175. The molecule has 2 aromatic rings. The number of carbonyl (C=O) groups is 1. The summed E-state index contributed by atoms with van der Waals surface area (Å²) in [5, 5.41) is 5.62. The van der Waals surface area contributed by atoms with Crippen molar-refractivity contribution < 1.29 is 13.2 Å². The number of nitrogens with one attached hydrogen (secondary N) is 1. The van der Waals surface area contributed by atoms with Gasteiger partial charge in [-0.15, -0.1) is 11.3 Å². The van der Waals surface area contributed by atoms with Crippen molar-refractivity contribution in [3.63, 3.8) is 0 Å². The Morgan fingerprint density at radius 3 is 2.65 bits per heavy atom. The van der Waals surface area contributed by atoms with Crippen molar-refractivity contribution >= 4 is 27.3 Å². The average Bonchev–Trinajstić information content (AvgIpc) is 2.96. The highest BCUT2D eigenvalue weighted by atomic mass is 32.2. The molecule has 0 saturated carbocycles. The standard InChI is InChI=1S/C15H19N3O3S2/c1-18(23(2,20)21)10-14(19)16-9-8-13-11-22-15(17-13)12-6-4-3-5-7-12/h3-7,11H,8-10H2,1-2H3,(H,16,19). The average molecular weight is 353 g/mol. The number of carbonyl (C=O) groups excluding carboxylic acids is 1. The number of hydrogen-bond acceptors (Lipinski definition) is 5. The Morgan fingerprint density at radius 2 is 2.00 bits per heavy atom. The number of amides is 1. The summed E-state index contributed by atoms with van der Waals surface area (Å²) in [4.78, 5) is 16.2. The normalized spacial score (nSPS) is 11.6. The van der Waals surface area contributed by atoms with Crippen molar-refractivity contribution in [3.05, 3.63) is 41.4 Å². The van der Waals surface area contributed by atoms with Gasteiger partial charge in [-0.2, -0.15) is 4.31 Å². The van der Waals surface area contributed by atoms with E-state index in [4.69, 9.17) is 0 Å². The number of sulfonamides is 1. The van der Waals surface area contributed by atoms with Gasteiger partial charge in [0, 0.05) is 31.0 Å². The predicted molar refractivity (Wildman–Crippen MR) is 91.7 cm³/mol. The quantitative estimate of drug-likeness (QED) is 0.815. The van der Waals surface area contributed by atoms with Gasteiger partial charge in [-0.25, -0.2) is 13.4 Å². The zero-order chi connectivity index (χ0) is 16.9. The molecule has 124 valence electrons. The summed E-state index contributed by atoms with van der Waals surface area (Å²) in [6.07, 6.45) is 1.68. The van der Waals surface area contributed by atoms with Crippen molar-refractivity contribution in [2.75, 3.05) is 26.4 Å². The Labute approximate surface area is 140 Å². The van der Waals surface area contributed by atoms with Crippen molar-refractivity contribution in [1.82, 2.24) is 14.6 Å². The highest BCUT2D eigenvalue weighted by Gasteiger charge is 2.14. The lowest BCUT2D eigenvalue weighted by Crippen LogP contribution is -2.38. The molecular formula is C15H19N3O3S2. The molecule has 1 amide bonds. The molecule has 0 fully saturated rings. The van der Waals surface area contributed by atoms with Gasteiger partial charge in [-0.3, -0.25) is 4.79 Å². The second-order valence-electron chi connectivity index (χ2n) is 5.13. The molecule has 1 aromatic carbocycles. The van der Waals surface area contributed by atoms with Crippen LogP contribution >= 0.6 is 11.3 Å². The van der Waals surface area contributed by atoms with Gasteiger partial charge in [0.05, 0.1) is 18.5 Å². The van der Waals surface area contributed by atoms with E-state index < -0.39 is 10.0 Å². The van der Waals surface area contributed by atoms with E-state index in [9.17, 15) is 13.2 Å². The molecule has 0 spiro atoms. The molecule has 0 saturated heterocycles. The smallest absolute Gasteiger partial charge is 0.235 e. The molecule has 0 unspecified atom stereocenters. The Hall–Kier alpha value is -1.77. The van der Waals surface area contributed by atoms with E-state index in [1.165, 1.54) is 7.05 Å². The first-order valence-electron chi connectivity index (χ1n) is 7.04. The van der Waals surface area contributed by atoms with Crippen LogP contribution in [0.25, 0.3) is 10.6 Å². The minimum Gasteiger partial charge on any atom is -0.355 e. The number of thiazole rings is 1. The maximum Gasteiger partial charge on any atom is 0.235 e. The SMILES string of the molecule is CN(CC(=O)NCCc1csc(-c2ccccc2)n1)S(C)(=O)=O. The number of likely N-dealkylation sites (N-methyl/N-ethyl adjacent to an activating group) is 1. The summed E-state index contributed by atoms with van der Waals surface area (Å²) in [7, 11) is -1.96. The molecule has 0 bridgehead atoms. The van der Waals surface area contributed by atoms with Gasteiger partial charge in [0.15, 0.2) is 0 Å². The molecule has 0 aliphatic heterocycles. The van der Waals surface area contributed by atoms with Gasteiger partial charge >= 0.3 is 0 Å². The van der Waals surface area contributed by atoms with E-state index in [2.05, 4.69) is 10.3 Å². The third kappa shape index (κ3) is 5.42. The summed E-state index contributed by atoms with van der Waals surface area (Å²) in [6, 6.07) is 9.90. The van der Waals surface area contributed by atoms with Gasteiger partial charge in [-0.05, 0) is 0 Å². The summed E-state index contributed by atoms with van der Waals surface area (Å²) < 4.78 is 23.5. The Kier molecular flexibility index (Phi) is 5.86. The Balaban J connectivity index is 1.81. The first kappa shape index (κ1) is 17.6. The van der Waals surface area contributed by atoms with Crippen molar-refractivity contribution in [2.45, 2.75) is 6.42 Å². The lowest BCUT2D eigenvalue weighted by atomic mass is 10.2. The molecule has 1 heterocycles. The van der Waals surface area contributed by atoms with Gasteiger partial charge in [-0.1, -0.05) is 30.3 Å². The molecule has 2 rings (SSSR count). The van der Waals surface area contributed by atoms with Crippen molar-refractivity contribution in [2.24, 2.45) is 0 Å². The molecular weight excluding hydrogens is 334 g/mol. The second kappa shape index (κ2) is 7.67. The van der Waals surface area contributed by atoms with Crippen molar-refractivity contribution in [1.29, 1.82) is 0 Å². The molecule has 0 aliphatic carbocycles. The van der Waals surface area contributed by atoms with E-state index in [-0.39, 0.29) is 12.5 Å². The van der Waals surface area contributed by atoms with Crippen LogP contribution in [0.5, 0.6) is 0 Å². The highest BCUT2D eigenvalue weighted by molar-refractivity contribution is 7.88. The number of nitrogens with zero attached hydrogens (tertiary/aromatic N) is 2. The molecule has 23 heavy (non-hydrogen) atoms. The summed E-state index contributed by atoms with van der Waals surface area (Å²) in [6.45, 7) is 0.250. The van der Waals surface area contributed by atoms with Crippen LogP contribution in [0.15, 0.2) is 35.7 Å². The van der Waals surface area contributed by atoms with E-state index in [1.54, 1.807) is 11.3 Å². The zero-order valence-electron chi connectivity index (χ0n) is 13.0. The van der Waals surface area contributed by atoms with Gasteiger partial charge in [0.1, 0.15) is 5.01 Å². The Morgan fingerprint density at radius 1 is 1.30 bits per heavy atom. The van der Waals surface area contributed by atoms with E-state index in [0.717, 1.165) is 26.8 Å².